The fraction of sp³-hybridized carbons (Fsp3) is 0.797. The number of ether oxygens (including phenoxy) is 2. The van der Waals surface area contributed by atoms with Crippen molar-refractivity contribution in [2.75, 3.05) is 26.4 Å². The molecule has 0 aliphatic rings. The van der Waals surface area contributed by atoms with Gasteiger partial charge < -0.3 is 20.1 Å². The van der Waals surface area contributed by atoms with Gasteiger partial charge in [-0.2, -0.15) is 0 Å². The van der Waals surface area contributed by atoms with E-state index in [1.165, 1.54) is 270 Å². The van der Waals surface area contributed by atoms with Crippen molar-refractivity contribution >= 4 is 19.8 Å². The molecule has 0 fully saturated rings. The van der Waals surface area contributed by atoms with Crippen molar-refractivity contribution in [2.45, 2.75) is 380 Å². The molecule has 0 amide bonds. The molecule has 2 unspecified atom stereocenters. The fourth-order valence-electron chi connectivity index (χ4n) is 11.2. The van der Waals surface area contributed by atoms with E-state index in [1.54, 1.807) is 0 Å². The topological polar surface area (TPSA) is 134 Å². The molecule has 0 rings (SSSR count). The fourth-order valence-corrected chi connectivity index (χ4v) is 11.9. The standard InChI is InChI=1S/C79H144NO8P/c1-3-5-7-9-11-13-15-17-19-21-23-25-27-29-31-33-34-35-36-37-38-39-40-41-42-44-46-48-50-52-54-56-58-60-62-64-66-68-70-72-79(82)88-77(76-87-89(83,84)86-74-73-80)75-85-78(81)71-69-67-65-63-61-59-57-55-53-51-49-47-45-43-32-30-28-26-24-22-20-18-16-14-12-10-8-6-4-2/h5,7,11,13,16-19,22-25,29,31,77H,3-4,6,8-10,12,14-15,20-21,26-28,30,32-76,80H2,1-2H3,(H,83,84)/b7-5-,13-11-,18-16-,19-17-,24-22-,25-23-,31-29-. The number of allylic oxidation sites excluding steroid dienone is 14. The minimum Gasteiger partial charge on any atom is -0.462 e. The molecule has 0 aromatic carbocycles. The van der Waals surface area contributed by atoms with Crippen molar-refractivity contribution in [3.63, 3.8) is 0 Å². The molecule has 518 valence electrons. The highest BCUT2D eigenvalue weighted by molar-refractivity contribution is 7.47. The largest absolute Gasteiger partial charge is 0.472 e. The summed E-state index contributed by atoms with van der Waals surface area (Å²) in [7, 11) is -4.40. The maximum absolute atomic E-state index is 12.8. The number of esters is 2. The number of hydrogen-bond donors (Lipinski definition) is 2. The third-order valence-electron chi connectivity index (χ3n) is 16.8. The quantitative estimate of drug-likeness (QED) is 0.0264. The molecule has 2 atom stereocenters. The molecule has 0 saturated carbocycles. The summed E-state index contributed by atoms with van der Waals surface area (Å²) in [5.41, 5.74) is 5.41. The minimum absolute atomic E-state index is 0.0540. The van der Waals surface area contributed by atoms with Gasteiger partial charge >= 0.3 is 19.8 Å². The molecule has 0 spiro atoms. The molecule has 0 aliphatic carbocycles. The smallest absolute Gasteiger partial charge is 0.462 e. The summed E-state index contributed by atoms with van der Waals surface area (Å²) in [6.07, 6.45) is 99.9. The minimum atomic E-state index is -4.40. The van der Waals surface area contributed by atoms with Crippen LogP contribution in [0, 0.1) is 0 Å². The maximum atomic E-state index is 12.8. The zero-order valence-corrected chi connectivity index (χ0v) is 59.3. The van der Waals surface area contributed by atoms with Crippen LogP contribution in [-0.4, -0.2) is 49.3 Å². The van der Waals surface area contributed by atoms with Crippen LogP contribution in [0.1, 0.15) is 373 Å². The number of phosphoric acid groups is 1. The Morgan fingerprint density at radius 1 is 0.348 bits per heavy atom. The summed E-state index contributed by atoms with van der Waals surface area (Å²) >= 11 is 0. The van der Waals surface area contributed by atoms with Crippen LogP contribution in [0.2, 0.25) is 0 Å². The highest BCUT2D eigenvalue weighted by Gasteiger charge is 2.26. The molecule has 0 aromatic rings. The molecule has 0 bridgehead atoms. The lowest BCUT2D eigenvalue weighted by molar-refractivity contribution is -0.161. The van der Waals surface area contributed by atoms with E-state index in [0.717, 1.165) is 70.6 Å². The van der Waals surface area contributed by atoms with Gasteiger partial charge in [0, 0.05) is 19.4 Å². The van der Waals surface area contributed by atoms with Gasteiger partial charge in [0.05, 0.1) is 13.2 Å². The summed E-state index contributed by atoms with van der Waals surface area (Å²) in [6.45, 7) is 3.68. The Bertz CT molecular complexity index is 1740. The van der Waals surface area contributed by atoms with E-state index < -0.39 is 26.5 Å². The third-order valence-corrected chi connectivity index (χ3v) is 17.7. The van der Waals surface area contributed by atoms with Crippen molar-refractivity contribution in [3.8, 4) is 0 Å². The lowest BCUT2D eigenvalue weighted by atomic mass is 10.0. The number of phosphoric ester groups is 1. The molecule has 0 heterocycles. The predicted molar refractivity (Wildman–Crippen MR) is 386 cm³/mol. The Hall–Kier alpha value is -2.81. The van der Waals surface area contributed by atoms with E-state index in [0.29, 0.717) is 6.42 Å². The van der Waals surface area contributed by atoms with Gasteiger partial charge in [0.15, 0.2) is 6.10 Å². The van der Waals surface area contributed by atoms with Gasteiger partial charge in [-0.15, -0.1) is 0 Å². The molecule has 0 aliphatic heterocycles. The average Bonchev–Trinajstić information content (AvgIpc) is 3.68. The molecular weight excluding hydrogens is 1120 g/mol. The summed E-state index contributed by atoms with van der Waals surface area (Å²) in [5.74, 6) is -0.809. The number of hydrogen-bond acceptors (Lipinski definition) is 8. The maximum Gasteiger partial charge on any atom is 0.472 e. The molecule has 89 heavy (non-hydrogen) atoms. The summed E-state index contributed by atoms with van der Waals surface area (Å²) < 4.78 is 33.3. The second kappa shape index (κ2) is 74.2. The van der Waals surface area contributed by atoms with Crippen LogP contribution in [0.15, 0.2) is 85.1 Å². The molecule has 10 heteroatoms. The number of rotatable bonds is 72. The number of carbonyl (C=O) groups excluding carboxylic acids is 2. The first-order valence-corrected chi connectivity index (χ1v) is 39.6. The number of unbranched alkanes of at least 4 members (excludes halogenated alkanes) is 45. The zero-order valence-electron chi connectivity index (χ0n) is 58.4. The molecule has 3 N–H and O–H groups in total. The van der Waals surface area contributed by atoms with E-state index in [4.69, 9.17) is 24.3 Å². The van der Waals surface area contributed by atoms with Crippen LogP contribution in [0.3, 0.4) is 0 Å². The van der Waals surface area contributed by atoms with Gasteiger partial charge in [-0.1, -0.05) is 356 Å². The van der Waals surface area contributed by atoms with E-state index in [-0.39, 0.29) is 38.6 Å². The Morgan fingerprint density at radius 2 is 0.618 bits per heavy atom. The normalized spacial score (nSPS) is 13.3. The van der Waals surface area contributed by atoms with Crippen LogP contribution in [0.25, 0.3) is 0 Å². The molecule has 0 saturated heterocycles. The Kier molecular flexibility index (Phi) is 71.9. The Balaban J connectivity index is 3.79. The van der Waals surface area contributed by atoms with E-state index >= 15 is 0 Å². The Labute approximate surface area is 551 Å². The van der Waals surface area contributed by atoms with Crippen LogP contribution in [0.5, 0.6) is 0 Å². The van der Waals surface area contributed by atoms with Gasteiger partial charge in [-0.05, 0) is 89.9 Å². The van der Waals surface area contributed by atoms with Gasteiger partial charge in [0.25, 0.3) is 0 Å². The second-order valence-corrected chi connectivity index (χ2v) is 26.9. The molecule has 9 nitrogen and oxygen atoms in total. The van der Waals surface area contributed by atoms with E-state index in [2.05, 4.69) is 98.9 Å². The molecule has 0 radical (unpaired) electrons. The van der Waals surface area contributed by atoms with Gasteiger partial charge in [-0.25, -0.2) is 4.57 Å². The summed E-state index contributed by atoms with van der Waals surface area (Å²) in [6, 6.07) is 0. The SMILES string of the molecule is CC/C=C\C/C=C\C/C=C\C/C=C\C/C=C\CCCCCCCCCCCCCCCCCCCCCCCCCC(=O)OC(COC(=O)CCCCCCCCCCCCCCCCCCC/C=C\C/C=C\CCCCCCC)COP(=O)(O)OCCN. The van der Waals surface area contributed by atoms with Gasteiger partial charge in [0.1, 0.15) is 6.61 Å². The predicted octanol–water partition coefficient (Wildman–Crippen LogP) is 25.3. The third kappa shape index (κ3) is 74.1. The first kappa shape index (κ1) is 86.2. The van der Waals surface area contributed by atoms with E-state index in [9.17, 15) is 19.0 Å². The monoisotopic (exact) mass is 1270 g/mol. The first-order valence-electron chi connectivity index (χ1n) is 38.1. The Morgan fingerprint density at radius 3 is 0.921 bits per heavy atom. The second-order valence-electron chi connectivity index (χ2n) is 25.5. The van der Waals surface area contributed by atoms with Crippen LogP contribution >= 0.6 is 7.82 Å². The van der Waals surface area contributed by atoms with Crippen molar-refractivity contribution in [2.24, 2.45) is 5.73 Å². The molecule has 0 aromatic heterocycles. The lowest BCUT2D eigenvalue weighted by Crippen LogP contribution is -2.29. The highest BCUT2D eigenvalue weighted by Crippen LogP contribution is 2.43. The van der Waals surface area contributed by atoms with Crippen LogP contribution in [-0.2, 0) is 32.7 Å². The van der Waals surface area contributed by atoms with Crippen molar-refractivity contribution in [1.29, 1.82) is 0 Å². The molecular formula is C79H144NO8P. The van der Waals surface area contributed by atoms with Gasteiger partial charge in [-0.3, -0.25) is 18.6 Å². The first-order chi connectivity index (χ1) is 43.8. The summed E-state index contributed by atoms with van der Waals surface area (Å²) in [4.78, 5) is 35.4. The van der Waals surface area contributed by atoms with Gasteiger partial charge in [0.2, 0.25) is 0 Å². The number of nitrogens with two attached hydrogens (primary N) is 1. The lowest BCUT2D eigenvalue weighted by Gasteiger charge is -2.19. The van der Waals surface area contributed by atoms with Crippen LogP contribution < -0.4 is 5.73 Å². The average molecular weight is 1270 g/mol. The van der Waals surface area contributed by atoms with Crippen LogP contribution in [0.4, 0.5) is 0 Å². The summed E-state index contributed by atoms with van der Waals surface area (Å²) in [5, 5.41) is 0. The number of carbonyl (C=O) groups is 2. The van der Waals surface area contributed by atoms with Crippen molar-refractivity contribution in [3.05, 3.63) is 85.1 Å². The van der Waals surface area contributed by atoms with Crippen molar-refractivity contribution in [1.82, 2.24) is 0 Å². The highest BCUT2D eigenvalue weighted by atomic mass is 31.2. The zero-order chi connectivity index (χ0) is 64.4. The van der Waals surface area contributed by atoms with Crippen molar-refractivity contribution < 1.29 is 37.6 Å². The van der Waals surface area contributed by atoms with E-state index in [1.807, 2.05) is 0 Å².